The Morgan fingerprint density at radius 1 is 1.03 bits per heavy atom. The first-order chi connectivity index (χ1) is 18.3. The Morgan fingerprint density at radius 2 is 1.68 bits per heavy atom. The fraction of sp³-hybridized carbons (Fsp3) is 0.433. The maximum absolute atomic E-state index is 13.5. The summed E-state index contributed by atoms with van der Waals surface area (Å²) in [5.74, 6) is 1.01. The second-order valence-electron chi connectivity index (χ2n) is 10.6. The number of nitrogens with zero attached hydrogens (tertiary/aromatic N) is 3. The largest absolute Gasteiger partial charge is 0.416 e. The average Bonchev–Trinajstić information content (AvgIpc) is 3.43. The number of hydrogen-bond acceptors (Lipinski definition) is 4. The summed E-state index contributed by atoms with van der Waals surface area (Å²) in [6.45, 7) is 4.15. The van der Waals surface area contributed by atoms with Gasteiger partial charge in [0, 0.05) is 31.2 Å². The zero-order valence-electron chi connectivity index (χ0n) is 21.6. The van der Waals surface area contributed by atoms with Gasteiger partial charge in [0.25, 0.3) is 5.91 Å². The summed E-state index contributed by atoms with van der Waals surface area (Å²) in [7, 11) is 0. The zero-order valence-corrected chi connectivity index (χ0v) is 21.6. The number of nitrogens with one attached hydrogen (secondary N) is 1. The molecule has 8 heteroatoms. The van der Waals surface area contributed by atoms with Crippen LogP contribution in [-0.4, -0.2) is 29.0 Å². The van der Waals surface area contributed by atoms with Crippen LogP contribution in [0.3, 0.4) is 0 Å². The highest BCUT2D eigenvalue weighted by Gasteiger charge is 2.42. The van der Waals surface area contributed by atoms with Crippen LogP contribution >= 0.6 is 0 Å². The van der Waals surface area contributed by atoms with Crippen LogP contribution in [0.2, 0.25) is 0 Å². The van der Waals surface area contributed by atoms with Gasteiger partial charge in [-0.15, -0.1) is 0 Å². The third-order valence-corrected chi connectivity index (χ3v) is 8.06. The number of aromatic nitrogens is 2. The van der Waals surface area contributed by atoms with E-state index in [1.54, 1.807) is 6.20 Å². The van der Waals surface area contributed by atoms with Crippen molar-refractivity contribution in [2.24, 2.45) is 5.92 Å². The van der Waals surface area contributed by atoms with Gasteiger partial charge in [0.2, 0.25) is 5.95 Å². The summed E-state index contributed by atoms with van der Waals surface area (Å²) in [5, 5.41) is 2.90. The van der Waals surface area contributed by atoms with E-state index in [9.17, 15) is 18.0 Å². The van der Waals surface area contributed by atoms with Gasteiger partial charge in [-0.2, -0.15) is 13.2 Å². The molecule has 1 saturated heterocycles. The topological polar surface area (TPSA) is 58.1 Å². The Kier molecular flexibility index (Phi) is 7.41. The second-order valence-corrected chi connectivity index (χ2v) is 10.6. The maximum Gasteiger partial charge on any atom is 0.416 e. The number of benzene rings is 2. The third-order valence-electron chi connectivity index (χ3n) is 8.06. The van der Waals surface area contributed by atoms with Crippen LogP contribution in [0.4, 0.5) is 19.1 Å². The predicted octanol–water partition coefficient (Wildman–Crippen LogP) is 6.52. The lowest BCUT2D eigenvalue weighted by Gasteiger charge is -2.34. The predicted molar refractivity (Wildman–Crippen MR) is 141 cm³/mol. The fourth-order valence-electron chi connectivity index (χ4n) is 5.75. The molecule has 2 aromatic carbocycles. The van der Waals surface area contributed by atoms with Crippen LogP contribution in [0.25, 0.3) is 0 Å². The van der Waals surface area contributed by atoms with Crippen molar-refractivity contribution in [1.82, 2.24) is 15.3 Å². The van der Waals surface area contributed by atoms with Crippen molar-refractivity contribution >= 4 is 11.9 Å². The van der Waals surface area contributed by atoms with Crippen LogP contribution in [0.5, 0.6) is 0 Å². The number of amides is 1. The Balaban J connectivity index is 1.47. The summed E-state index contributed by atoms with van der Waals surface area (Å²) in [4.78, 5) is 25.5. The van der Waals surface area contributed by atoms with E-state index in [0.29, 0.717) is 23.0 Å². The monoisotopic (exact) mass is 522 g/mol. The van der Waals surface area contributed by atoms with Crippen molar-refractivity contribution in [3.8, 4) is 0 Å². The van der Waals surface area contributed by atoms with Gasteiger partial charge in [-0.1, -0.05) is 62.2 Å². The molecule has 0 radical (unpaired) electrons. The molecule has 2 aliphatic rings. The molecule has 1 aromatic heterocycles. The first-order valence-electron chi connectivity index (χ1n) is 13.4. The van der Waals surface area contributed by atoms with Crippen LogP contribution in [0, 0.1) is 5.92 Å². The summed E-state index contributed by atoms with van der Waals surface area (Å²) in [5.41, 5.74) is 1.81. The van der Waals surface area contributed by atoms with Crippen molar-refractivity contribution < 1.29 is 18.0 Å². The number of piperidine rings is 1. The number of halogens is 3. The molecule has 0 atom stereocenters. The van der Waals surface area contributed by atoms with E-state index in [-0.39, 0.29) is 17.9 Å². The number of hydrogen-bond donors (Lipinski definition) is 1. The van der Waals surface area contributed by atoms with Gasteiger partial charge in [0.05, 0.1) is 16.8 Å². The SMILES string of the molecule is CC1CCN(c2ncc(C(=O)NCc3ccc(C(F)(F)F)cc3)c(C3(c4ccccc4)CCCC3)n2)CC1. The molecule has 1 saturated carbocycles. The van der Waals surface area contributed by atoms with E-state index in [1.807, 2.05) is 18.2 Å². The Hall–Kier alpha value is -3.42. The molecule has 38 heavy (non-hydrogen) atoms. The van der Waals surface area contributed by atoms with Crippen molar-refractivity contribution in [3.63, 3.8) is 0 Å². The highest BCUT2D eigenvalue weighted by atomic mass is 19.4. The van der Waals surface area contributed by atoms with Crippen LogP contribution in [0.15, 0.2) is 60.8 Å². The molecular formula is C30H33F3N4O. The number of carbonyl (C=O) groups is 1. The summed E-state index contributed by atoms with van der Waals surface area (Å²) < 4.78 is 38.8. The third kappa shape index (κ3) is 5.40. The minimum absolute atomic E-state index is 0.112. The number of carbonyl (C=O) groups excluding carboxylic acids is 1. The fourth-order valence-corrected chi connectivity index (χ4v) is 5.75. The smallest absolute Gasteiger partial charge is 0.348 e. The molecule has 1 amide bonds. The normalized spacial score (nSPS) is 17.9. The molecule has 1 N–H and O–H groups in total. The lowest BCUT2D eigenvalue weighted by molar-refractivity contribution is -0.137. The lowest BCUT2D eigenvalue weighted by Crippen LogP contribution is -2.37. The van der Waals surface area contributed by atoms with Crippen molar-refractivity contribution in [3.05, 3.63) is 88.7 Å². The minimum atomic E-state index is -4.39. The summed E-state index contributed by atoms with van der Waals surface area (Å²) >= 11 is 0. The number of anilines is 1. The molecule has 0 unspecified atom stereocenters. The highest BCUT2D eigenvalue weighted by molar-refractivity contribution is 5.95. The Labute approximate surface area is 221 Å². The van der Waals surface area contributed by atoms with Gasteiger partial charge in [0.15, 0.2) is 0 Å². The Morgan fingerprint density at radius 3 is 2.32 bits per heavy atom. The molecule has 2 fully saturated rings. The highest BCUT2D eigenvalue weighted by Crippen LogP contribution is 2.47. The molecule has 5 nitrogen and oxygen atoms in total. The molecule has 0 spiro atoms. The van der Waals surface area contributed by atoms with E-state index in [1.165, 1.54) is 12.1 Å². The van der Waals surface area contributed by atoms with E-state index >= 15 is 0 Å². The molecule has 3 aromatic rings. The minimum Gasteiger partial charge on any atom is -0.348 e. The molecule has 2 heterocycles. The van der Waals surface area contributed by atoms with Crippen molar-refractivity contribution in [2.45, 2.75) is 63.6 Å². The van der Waals surface area contributed by atoms with Gasteiger partial charge in [0.1, 0.15) is 0 Å². The number of alkyl halides is 3. The van der Waals surface area contributed by atoms with Gasteiger partial charge in [-0.25, -0.2) is 9.97 Å². The van der Waals surface area contributed by atoms with Crippen LogP contribution in [0.1, 0.15) is 78.2 Å². The van der Waals surface area contributed by atoms with E-state index in [0.717, 1.165) is 75.0 Å². The van der Waals surface area contributed by atoms with Gasteiger partial charge in [-0.3, -0.25) is 4.79 Å². The van der Waals surface area contributed by atoms with Gasteiger partial charge >= 0.3 is 6.18 Å². The van der Waals surface area contributed by atoms with Gasteiger partial charge < -0.3 is 10.2 Å². The second kappa shape index (κ2) is 10.8. The quantitative estimate of drug-likeness (QED) is 0.400. The molecule has 0 bridgehead atoms. The van der Waals surface area contributed by atoms with E-state index in [4.69, 9.17) is 4.98 Å². The summed E-state index contributed by atoms with van der Waals surface area (Å²) in [6, 6.07) is 15.1. The van der Waals surface area contributed by atoms with E-state index in [2.05, 4.69) is 34.3 Å². The molecule has 200 valence electrons. The van der Waals surface area contributed by atoms with Crippen LogP contribution in [-0.2, 0) is 18.1 Å². The molecule has 1 aliphatic carbocycles. The Bertz CT molecular complexity index is 1250. The van der Waals surface area contributed by atoms with Gasteiger partial charge in [-0.05, 0) is 54.9 Å². The average molecular weight is 523 g/mol. The first kappa shape index (κ1) is 26.2. The summed E-state index contributed by atoms with van der Waals surface area (Å²) in [6.07, 6.45) is 3.28. The van der Waals surface area contributed by atoms with E-state index < -0.39 is 11.7 Å². The maximum atomic E-state index is 13.5. The standard InChI is InChI=1S/C30H33F3N4O/c1-21-13-17-37(18-14-21)28-35-20-25(27(38)34-19-22-9-11-24(12-10-22)30(31,32)33)26(36-28)29(15-5-6-16-29)23-7-3-2-4-8-23/h2-4,7-12,20-21H,5-6,13-19H2,1H3,(H,34,38). The van der Waals surface area contributed by atoms with Crippen molar-refractivity contribution in [2.75, 3.05) is 18.0 Å². The zero-order chi connectivity index (χ0) is 26.8. The first-order valence-corrected chi connectivity index (χ1v) is 13.4. The molecular weight excluding hydrogens is 489 g/mol. The number of rotatable bonds is 6. The lowest BCUT2D eigenvalue weighted by atomic mass is 9.74. The molecule has 5 rings (SSSR count). The van der Waals surface area contributed by atoms with Crippen LogP contribution < -0.4 is 10.2 Å². The van der Waals surface area contributed by atoms with Crippen molar-refractivity contribution in [1.29, 1.82) is 0 Å². The molecule has 1 aliphatic heterocycles.